The van der Waals surface area contributed by atoms with Gasteiger partial charge in [0, 0.05) is 18.2 Å². The highest BCUT2D eigenvalue weighted by Gasteiger charge is 2.21. The molecule has 0 bridgehead atoms. The highest BCUT2D eigenvalue weighted by molar-refractivity contribution is 5.44. The van der Waals surface area contributed by atoms with E-state index in [9.17, 15) is 0 Å². The van der Waals surface area contributed by atoms with Gasteiger partial charge in [-0.3, -0.25) is 0 Å². The summed E-state index contributed by atoms with van der Waals surface area (Å²) >= 11 is 0. The van der Waals surface area contributed by atoms with Gasteiger partial charge in [-0.05, 0) is 25.6 Å². The lowest BCUT2D eigenvalue weighted by Crippen LogP contribution is -2.22. The van der Waals surface area contributed by atoms with E-state index in [4.69, 9.17) is 9.47 Å². The van der Waals surface area contributed by atoms with Crippen LogP contribution in [0.15, 0.2) is 24.4 Å². The van der Waals surface area contributed by atoms with Gasteiger partial charge in [0.1, 0.15) is 11.5 Å². The number of aromatic nitrogens is 3. The Morgan fingerprint density at radius 1 is 1.29 bits per heavy atom. The first-order valence-corrected chi connectivity index (χ1v) is 7.02. The van der Waals surface area contributed by atoms with E-state index < -0.39 is 0 Å². The largest absolute Gasteiger partial charge is 0.497 e. The first-order chi connectivity index (χ1) is 10.2. The molecule has 6 nitrogen and oxygen atoms in total. The zero-order chi connectivity index (χ0) is 15.2. The van der Waals surface area contributed by atoms with Crippen LogP contribution in [0.5, 0.6) is 11.5 Å². The normalized spacial score (nSPS) is 12.2. The average molecular weight is 290 g/mol. The summed E-state index contributed by atoms with van der Waals surface area (Å²) < 4.78 is 12.7. The zero-order valence-electron chi connectivity index (χ0n) is 13.0. The molecule has 1 unspecified atom stereocenters. The van der Waals surface area contributed by atoms with Gasteiger partial charge >= 0.3 is 0 Å². The summed E-state index contributed by atoms with van der Waals surface area (Å²) in [6.45, 7) is 2.96. The first kappa shape index (κ1) is 15.3. The van der Waals surface area contributed by atoms with Crippen LogP contribution in [0.1, 0.15) is 30.6 Å². The van der Waals surface area contributed by atoms with Crippen LogP contribution in [0, 0.1) is 0 Å². The predicted molar refractivity (Wildman–Crippen MR) is 80.8 cm³/mol. The molecule has 0 fully saturated rings. The molecule has 1 aromatic heterocycles. The van der Waals surface area contributed by atoms with E-state index in [0.29, 0.717) is 0 Å². The summed E-state index contributed by atoms with van der Waals surface area (Å²) in [5, 5.41) is 11.5. The molecule has 1 heterocycles. The maximum Gasteiger partial charge on any atom is 0.127 e. The molecule has 21 heavy (non-hydrogen) atoms. The van der Waals surface area contributed by atoms with Crippen LogP contribution >= 0.6 is 0 Å². The van der Waals surface area contributed by atoms with E-state index in [-0.39, 0.29) is 6.04 Å². The van der Waals surface area contributed by atoms with Crippen molar-refractivity contribution in [2.75, 3.05) is 21.3 Å². The van der Waals surface area contributed by atoms with E-state index >= 15 is 0 Å². The Morgan fingerprint density at radius 3 is 2.71 bits per heavy atom. The number of methoxy groups -OCH3 is 2. The fourth-order valence-electron chi connectivity index (χ4n) is 2.39. The number of nitrogens with one attached hydrogen (secondary N) is 1. The Morgan fingerprint density at radius 2 is 2.10 bits per heavy atom. The van der Waals surface area contributed by atoms with Crippen LogP contribution in [0.25, 0.3) is 0 Å². The van der Waals surface area contributed by atoms with Gasteiger partial charge in [0.05, 0.1) is 32.2 Å². The second-order valence-corrected chi connectivity index (χ2v) is 4.71. The van der Waals surface area contributed by atoms with Crippen LogP contribution in [-0.4, -0.2) is 36.3 Å². The van der Waals surface area contributed by atoms with E-state index in [1.807, 2.05) is 29.9 Å². The fraction of sp³-hybridized carbons (Fsp3) is 0.467. The van der Waals surface area contributed by atoms with Crippen LogP contribution < -0.4 is 14.8 Å². The Labute approximate surface area is 125 Å². The number of rotatable bonds is 7. The molecule has 0 radical (unpaired) electrons. The van der Waals surface area contributed by atoms with Gasteiger partial charge < -0.3 is 14.8 Å². The molecule has 1 N–H and O–H groups in total. The van der Waals surface area contributed by atoms with Gasteiger partial charge in [-0.1, -0.05) is 12.1 Å². The van der Waals surface area contributed by atoms with Gasteiger partial charge in [-0.2, -0.15) is 0 Å². The third-order valence-electron chi connectivity index (χ3n) is 3.42. The second kappa shape index (κ2) is 7.08. The molecule has 114 valence electrons. The molecule has 0 saturated carbocycles. The summed E-state index contributed by atoms with van der Waals surface area (Å²) in [7, 11) is 5.22. The average Bonchev–Trinajstić information content (AvgIpc) is 2.97. The van der Waals surface area contributed by atoms with Crippen LogP contribution in [0.3, 0.4) is 0 Å². The first-order valence-electron chi connectivity index (χ1n) is 7.02. The monoisotopic (exact) mass is 290 g/mol. The minimum absolute atomic E-state index is 0.0348. The van der Waals surface area contributed by atoms with Gasteiger partial charge in [0.15, 0.2) is 0 Å². The van der Waals surface area contributed by atoms with Crippen molar-refractivity contribution in [2.24, 2.45) is 0 Å². The van der Waals surface area contributed by atoms with E-state index in [2.05, 4.69) is 22.6 Å². The molecule has 2 rings (SSSR count). The van der Waals surface area contributed by atoms with Crippen molar-refractivity contribution >= 4 is 0 Å². The summed E-state index contributed by atoms with van der Waals surface area (Å²) in [5.41, 5.74) is 2.04. The third kappa shape index (κ3) is 3.16. The lowest BCUT2D eigenvalue weighted by molar-refractivity contribution is 0.387. The number of hydrogen-bond donors (Lipinski definition) is 1. The summed E-state index contributed by atoms with van der Waals surface area (Å²) in [5.74, 6) is 1.54. The van der Waals surface area contributed by atoms with Crippen molar-refractivity contribution in [3.05, 3.63) is 35.7 Å². The number of benzene rings is 1. The molecule has 6 heteroatoms. The Kier molecular flexibility index (Phi) is 5.16. The van der Waals surface area contributed by atoms with Crippen molar-refractivity contribution < 1.29 is 9.47 Å². The third-order valence-corrected chi connectivity index (χ3v) is 3.42. The Balaban J connectivity index is 2.43. The van der Waals surface area contributed by atoms with Crippen LogP contribution in [-0.2, 0) is 6.54 Å². The minimum atomic E-state index is -0.0348. The van der Waals surface area contributed by atoms with Crippen LogP contribution in [0.2, 0.25) is 0 Å². The zero-order valence-corrected chi connectivity index (χ0v) is 13.0. The minimum Gasteiger partial charge on any atom is -0.497 e. The molecule has 0 aliphatic rings. The fourth-order valence-corrected chi connectivity index (χ4v) is 2.39. The molecule has 2 aromatic rings. The summed E-state index contributed by atoms with van der Waals surface area (Å²) in [4.78, 5) is 0. The van der Waals surface area contributed by atoms with Crippen molar-refractivity contribution in [2.45, 2.75) is 25.9 Å². The van der Waals surface area contributed by atoms with E-state index in [0.717, 1.165) is 35.7 Å². The summed E-state index contributed by atoms with van der Waals surface area (Å²) in [6, 6.07) is 5.78. The molecule has 0 aliphatic heterocycles. The highest BCUT2D eigenvalue weighted by atomic mass is 16.5. The van der Waals surface area contributed by atoms with E-state index in [1.54, 1.807) is 20.4 Å². The van der Waals surface area contributed by atoms with Gasteiger partial charge in [0.2, 0.25) is 0 Å². The van der Waals surface area contributed by atoms with Crippen LogP contribution in [0.4, 0.5) is 0 Å². The molecule has 0 amide bonds. The molecule has 1 atom stereocenters. The standard InChI is InChI=1S/C15H22N4O2/c1-5-8-19-13(10-17-18-19)15(16-2)12-7-6-11(20-3)9-14(12)21-4/h6-7,9-10,15-16H,5,8H2,1-4H3. The molecule has 0 aliphatic carbocycles. The van der Waals surface area contributed by atoms with Crippen molar-refractivity contribution in [3.8, 4) is 11.5 Å². The number of aryl methyl sites for hydroxylation is 1. The highest BCUT2D eigenvalue weighted by Crippen LogP contribution is 2.32. The number of ether oxygens (including phenoxy) is 2. The Hall–Kier alpha value is -2.08. The maximum atomic E-state index is 5.50. The lowest BCUT2D eigenvalue weighted by atomic mass is 10.0. The van der Waals surface area contributed by atoms with Gasteiger partial charge in [0.25, 0.3) is 0 Å². The van der Waals surface area contributed by atoms with Gasteiger partial charge in [-0.15, -0.1) is 5.10 Å². The Bertz CT molecular complexity index is 583. The molecular formula is C15H22N4O2. The van der Waals surface area contributed by atoms with Crippen molar-refractivity contribution in [1.29, 1.82) is 0 Å². The summed E-state index contributed by atoms with van der Waals surface area (Å²) in [6.07, 6.45) is 2.80. The molecule has 0 spiro atoms. The number of hydrogen-bond acceptors (Lipinski definition) is 5. The van der Waals surface area contributed by atoms with E-state index in [1.165, 1.54) is 0 Å². The molecule has 1 aromatic carbocycles. The quantitative estimate of drug-likeness (QED) is 0.845. The van der Waals surface area contributed by atoms with Gasteiger partial charge in [-0.25, -0.2) is 4.68 Å². The topological polar surface area (TPSA) is 61.2 Å². The molecule has 0 saturated heterocycles. The second-order valence-electron chi connectivity index (χ2n) is 4.71. The van der Waals surface area contributed by atoms with Crippen molar-refractivity contribution in [1.82, 2.24) is 20.3 Å². The van der Waals surface area contributed by atoms with Crippen molar-refractivity contribution in [3.63, 3.8) is 0 Å². The SMILES string of the molecule is CCCn1nncc1C(NC)c1ccc(OC)cc1OC. The lowest BCUT2D eigenvalue weighted by Gasteiger charge is -2.20. The predicted octanol–water partition coefficient (Wildman–Crippen LogP) is 2.01. The maximum absolute atomic E-state index is 5.50. The number of nitrogens with zero attached hydrogens (tertiary/aromatic N) is 3. The smallest absolute Gasteiger partial charge is 0.127 e. The molecular weight excluding hydrogens is 268 g/mol.